The fourth-order valence-electron chi connectivity index (χ4n) is 2.13. The van der Waals surface area contributed by atoms with E-state index >= 15 is 0 Å². The smallest absolute Gasteiger partial charge is 0.220 e. The van der Waals surface area contributed by atoms with E-state index in [1.807, 2.05) is 20.8 Å². The topological polar surface area (TPSA) is 61.8 Å². The normalized spacial score (nSPS) is 20.9. The van der Waals surface area contributed by atoms with Gasteiger partial charge >= 0.3 is 0 Å². The summed E-state index contributed by atoms with van der Waals surface area (Å²) in [5.41, 5.74) is -0.926. The molecule has 2 N–H and O–H groups in total. The SMILES string of the molecule is CC(C)(C)CC(=O)NCC(C)(O)CN1CCOCC1. The Morgan fingerprint density at radius 1 is 1.26 bits per heavy atom. The first-order chi connectivity index (χ1) is 8.68. The lowest BCUT2D eigenvalue weighted by Crippen LogP contribution is -2.51. The summed E-state index contributed by atoms with van der Waals surface area (Å²) >= 11 is 0. The van der Waals surface area contributed by atoms with E-state index in [4.69, 9.17) is 4.74 Å². The Kier molecular flexibility index (Phi) is 5.77. The van der Waals surface area contributed by atoms with Crippen LogP contribution in [0.4, 0.5) is 0 Å². The number of nitrogens with one attached hydrogen (secondary N) is 1. The fraction of sp³-hybridized carbons (Fsp3) is 0.929. The van der Waals surface area contributed by atoms with Gasteiger partial charge in [0.15, 0.2) is 0 Å². The van der Waals surface area contributed by atoms with E-state index in [1.165, 1.54) is 0 Å². The van der Waals surface area contributed by atoms with Crippen molar-refractivity contribution in [1.29, 1.82) is 0 Å². The number of hydrogen-bond donors (Lipinski definition) is 2. The van der Waals surface area contributed by atoms with Crippen molar-refractivity contribution < 1.29 is 14.6 Å². The summed E-state index contributed by atoms with van der Waals surface area (Å²) in [6.07, 6.45) is 0.473. The molecule has 0 bridgehead atoms. The minimum Gasteiger partial charge on any atom is -0.387 e. The molecule has 5 heteroatoms. The number of β-amino-alcohol motifs (C(OH)–C–C–N with tert-alkyl or cyclic N) is 1. The van der Waals surface area contributed by atoms with Crippen LogP contribution in [0.15, 0.2) is 0 Å². The van der Waals surface area contributed by atoms with Crippen LogP contribution >= 0.6 is 0 Å². The number of rotatable bonds is 5. The molecule has 0 aromatic carbocycles. The van der Waals surface area contributed by atoms with Gasteiger partial charge in [-0.25, -0.2) is 0 Å². The number of carbonyl (C=O) groups is 1. The van der Waals surface area contributed by atoms with Crippen molar-refractivity contribution in [3.63, 3.8) is 0 Å². The quantitative estimate of drug-likeness (QED) is 0.770. The second-order valence-electron chi connectivity index (χ2n) is 6.90. The molecule has 0 spiro atoms. The second kappa shape index (κ2) is 6.68. The highest BCUT2D eigenvalue weighted by molar-refractivity contribution is 5.76. The lowest BCUT2D eigenvalue weighted by atomic mass is 9.92. The highest BCUT2D eigenvalue weighted by Crippen LogP contribution is 2.18. The van der Waals surface area contributed by atoms with E-state index in [0.29, 0.717) is 32.7 Å². The summed E-state index contributed by atoms with van der Waals surface area (Å²) in [5.74, 6) is -0.00486. The molecule has 19 heavy (non-hydrogen) atoms. The largest absolute Gasteiger partial charge is 0.387 e. The Morgan fingerprint density at radius 3 is 2.37 bits per heavy atom. The summed E-state index contributed by atoms with van der Waals surface area (Å²) in [4.78, 5) is 13.9. The van der Waals surface area contributed by atoms with Crippen molar-refractivity contribution in [2.75, 3.05) is 39.4 Å². The zero-order chi connectivity index (χ0) is 14.5. The van der Waals surface area contributed by atoms with Crippen molar-refractivity contribution in [1.82, 2.24) is 10.2 Å². The predicted octanol–water partition coefficient (Wildman–Crippen LogP) is 0.622. The molecule has 0 radical (unpaired) electrons. The van der Waals surface area contributed by atoms with E-state index < -0.39 is 5.60 Å². The second-order valence-corrected chi connectivity index (χ2v) is 6.90. The zero-order valence-electron chi connectivity index (χ0n) is 12.7. The zero-order valence-corrected chi connectivity index (χ0v) is 12.7. The number of hydrogen-bond acceptors (Lipinski definition) is 4. The average molecular weight is 272 g/mol. The monoisotopic (exact) mass is 272 g/mol. The number of aliphatic hydroxyl groups is 1. The molecule has 0 aromatic heterocycles. The van der Waals surface area contributed by atoms with Gasteiger partial charge in [-0.05, 0) is 12.3 Å². The molecule has 0 saturated carbocycles. The van der Waals surface area contributed by atoms with Gasteiger partial charge in [0, 0.05) is 32.6 Å². The first-order valence-corrected chi connectivity index (χ1v) is 6.97. The van der Waals surface area contributed by atoms with Crippen molar-refractivity contribution in [2.24, 2.45) is 5.41 Å². The van der Waals surface area contributed by atoms with Gasteiger partial charge in [0.25, 0.3) is 0 Å². The Balaban J connectivity index is 2.31. The molecule has 1 heterocycles. The summed E-state index contributed by atoms with van der Waals surface area (Å²) in [5, 5.41) is 13.1. The van der Waals surface area contributed by atoms with E-state index in [1.54, 1.807) is 6.92 Å². The molecule has 1 aliphatic rings. The molecule has 112 valence electrons. The maximum Gasteiger partial charge on any atom is 0.220 e. The van der Waals surface area contributed by atoms with Crippen molar-refractivity contribution in [3.8, 4) is 0 Å². The lowest BCUT2D eigenvalue weighted by molar-refractivity contribution is -0.124. The van der Waals surface area contributed by atoms with E-state index in [-0.39, 0.29) is 11.3 Å². The molecule has 1 unspecified atom stereocenters. The van der Waals surface area contributed by atoms with E-state index in [9.17, 15) is 9.90 Å². The van der Waals surface area contributed by atoms with Gasteiger partial charge in [-0.3, -0.25) is 9.69 Å². The summed E-state index contributed by atoms with van der Waals surface area (Å²) in [6, 6.07) is 0. The van der Waals surface area contributed by atoms with Crippen molar-refractivity contribution in [2.45, 2.75) is 39.7 Å². The molecule has 1 atom stereocenters. The molecule has 1 aliphatic heterocycles. The third kappa shape index (κ3) is 7.50. The Bertz CT molecular complexity index is 292. The Hall–Kier alpha value is -0.650. The van der Waals surface area contributed by atoms with Gasteiger partial charge in [-0.2, -0.15) is 0 Å². The number of amides is 1. The maximum absolute atomic E-state index is 11.7. The lowest BCUT2D eigenvalue weighted by Gasteiger charge is -2.34. The molecule has 0 aromatic rings. The number of carbonyl (C=O) groups excluding carboxylic acids is 1. The van der Waals surface area contributed by atoms with Crippen LogP contribution < -0.4 is 5.32 Å². The summed E-state index contributed by atoms with van der Waals surface area (Å²) < 4.78 is 5.27. The van der Waals surface area contributed by atoms with Crippen molar-refractivity contribution in [3.05, 3.63) is 0 Å². The molecule has 1 amide bonds. The van der Waals surface area contributed by atoms with Crippen LogP contribution in [0.2, 0.25) is 0 Å². The van der Waals surface area contributed by atoms with Crippen LogP contribution in [0.3, 0.4) is 0 Å². The third-order valence-electron chi connectivity index (χ3n) is 3.03. The number of morpholine rings is 1. The fourth-order valence-corrected chi connectivity index (χ4v) is 2.13. The van der Waals surface area contributed by atoms with Gasteiger partial charge < -0.3 is 15.2 Å². The summed E-state index contributed by atoms with van der Waals surface area (Å²) in [6.45, 7) is 11.8. The van der Waals surface area contributed by atoms with E-state index in [0.717, 1.165) is 13.1 Å². The molecule has 1 rings (SSSR count). The van der Waals surface area contributed by atoms with Crippen molar-refractivity contribution >= 4 is 5.91 Å². The van der Waals surface area contributed by atoms with Gasteiger partial charge in [-0.1, -0.05) is 20.8 Å². The van der Waals surface area contributed by atoms with Crippen LogP contribution in [0.25, 0.3) is 0 Å². The van der Waals surface area contributed by atoms with Crippen LogP contribution in [0.1, 0.15) is 34.1 Å². The summed E-state index contributed by atoms with van der Waals surface area (Å²) in [7, 11) is 0. The molecular weight excluding hydrogens is 244 g/mol. The maximum atomic E-state index is 11.7. The minimum absolute atomic E-state index is 0.00486. The number of ether oxygens (including phenoxy) is 1. The molecule has 5 nitrogen and oxygen atoms in total. The standard InChI is InChI=1S/C14H28N2O3/c1-13(2,3)9-12(17)15-10-14(4,18)11-16-5-7-19-8-6-16/h18H,5-11H2,1-4H3,(H,15,17). The highest BCUT2D eigenvalue weighted by Gasteiger charge is 2.26. The van der Waals surface area contributed by atoms with Gasteiger partial charge in [0.1, 0.15) is 0 Å². The minimum atomic E-state index is -0.898. The highest BCUT2D eigenvalue weighted by atomic mass is 16.5. The Morgan fingerprint density at radius 2 is 1.84 bits per heavy atom. The predicted molar refractivity (Wildman–Crippen MR) is 75.0 cm³/mol. The molecule has 1 fully saturated rings. The first kappa shape index (κ1) is 16.4. The van der Waals surface area contributed by atoms with Gasteiger partial charge in [-0.15, -0.1) is 0 Å². The van der Waals surface area contributed by atoms with Crippen LogP contribution in [0.5, 0.6) is 0 Å². The van der Waals surface area contributed by atoms with Crippen LogP contribution in [-0.2, 0) is 9.53 Å². The molecule has 1 saturated heterocycles. The van der Waals surface area contributed by atoms with E-state index in [2.05, 4.69) is 10.2 Å². The third-order valence-corrected chi connectivity index (χ3v) is 3.03. The average Bonchev–Trinajstić information content (AvgIpc) is 2.25. The Labute approximate surface area is 116 Å². The van der Waals surface area contributed by atoms with Gasteiger partial charge in [0.2, 0.25) is 5.91 Å². The van der Waals surface area contributed by atoms with Gasteiger partial charge in [0.05, 0.1) is 18.8 Å². The van der Waals surface area contributed by atoms with Crippen LogP contribution in [-0.4, -0.2) is 60.9 Å². The molecular formula is C14H28N2O3. The number of nitrogens with zero attached hydrogens (tertiary/aromatic N) is 1. The van der Waals surface area contributed by atoms with Crippen LogP contribution in [0, 0.1) is 5.41 Å². The first-order valence-electron chi connectivity index (χ1n) is 6.97. The molecule has 0 aliphatic carbocycles.